The van der Waals surface area contributed by atoms with Crippen molar-refractivity contribution in [1.29, 1.82) is 0 Å². The van der Waals surface area contributed by atoms with E-state index in [0.717, 1.165) is 5.56 Å². The molecule has 82 valence electrons. The van der Waals surface area contributed by atoms with Gasteiger partial charge in [0.25, 0.3) is 5.91 Å². The average molecular weight is 218 g/mol. The number of carbonyl (C=O) groups is 1. The Kier molecular flexibility index (Phi) is 2.77. The molecule has 0 aliphatic rings. The Morgan fingerprint density at radius 1 is 1.38 bits per heavy atom. The van der Waals surface area contributed by atoms with Crippen LogP contribution < -0.4 is 11.1 Å². The highest BCUT2D eigenvalue weighted by Gasteiger charge is 2.07. The molecule has 0 aromatic carbocycles. The number of nitrogens with zero attached hydrogens (tertiary/aromatic N) is 3. The number of H-pyrrole nitrogens is 1. The van der Waals surface area contributed by atoms with E-state index in [1.165, 1.54) is 12.4 Å². The molecule has 2 aromatic heterocycles. The predicted octanol–water partition coefficient (Wildman–Crippen LogP) is -0.288. The minimum atomic E-state index is -0.297. The number of carbonyl (C=O) groups excluding carboxylic acids is 1. The lowest BCUT2D eigenvalue weighted by Gasteiger charge is -2.02. The zero-order chi connectivity index (χ0) is 11.4. The van der Waals surface area contributed by atoms with Crippen molar-refractivity contribution in [2.45, 2.75) is 6.54 Å². The van der Waals surface area contributed by atoms with Crippen LogP contribution >= 0.6 is 0 Å². The molecule has 0 radical (unpaired) electrons. The molecule has 0 spiro atoms. The Morgan fingerprint density at radius 3 is 2.88 bits per heavy atom. The van der Waals surface area contributed by atoms with E-state index in [-0.39, 0.29) is 17.4 Å². The molecule has 0 saturated heterocycles. The van der Waals surface area contributed by atoms with Gasteiger partial charge in [-0.05, 0) is 0 Å². The molecule has 2 heterocycles. The highest BCUT2D eigenvalue weighted by molar-refractivity contribution is 5.91. The molecule has 2 aromatic rings. The lowest BCUT2D eigenvalue weighted by molar-refractivity contribution is 0.0945. The molecule has 0 fully saturated rings. The van der Waals surface area contributed by atoms with E-state index in [4.69, 9.17) is 5.73 Å². The van der Waals surface area contributed by atoms with E-state index in [2.05, 4.69) is 25.5 Å². The second-order valence-corrected chi connectivity index (χ2v) is 3.12. The summed E-state index contributed by atoms with van der Waals surface area (Å²) in [4.78, 5) is 19.2. The van der Waals surface area contributed by atoms with Gasteiger partial charge in [0, 0.05) is 18.3 Å². The first kappa shape index (κ1) is 10.1. The maximum absolute atomic E-state index is 11.6. The number of nitrogens with two attached hydrogens (primary N) is 1. The van der Waals surface area contributed by atoms with Crippen LogP contribution in [0.25, 0.3) is 0 Å². The van der Waals surface area contributed by atoms with Crippen molar-refractivity contribution in [2.24, 2.45) is 0 Å². The van der Waals surface area contributed by atoms with Crippen molar-refractivity contribution >= 4 is 11.7 Å². The number of anilines is 1. The Bertz CT molecular complexity index is 463. The Hall–Kier alpha value is -2.44. The second-order valence-electron chi connectivity index (χ2n) is 3.12. The molecule has 4 N–H and O–H groups in total. The minimum Gasteiger partial charge on any atom is -0.382 e. The van der Waals surface area contributed by atoms with Crippen LogP contribution in [-0.2, 0) is 6.54 Å². The fraction of sp³-hybridized carbons (Fsp3) is 0.111. The number of amides is 1. The van der Waals surface area contributed by atoms with E-state index in [1.807, 2.05) is 0 Å². The van der Waals surface area contributed by atoms with Crippen LogP contribution in [0.5, 0.6) is 0 Å². The highest BCUT2D eigenvalue weighted by Crippen LogP contribution is 1.97. The molecule has 0 aliphatic heterocycles. The van der Waals surface area contributed by atoms with E-state index >= 15 is 0 Å². The van der Waals surface area contributed by atoms with E-state index < -0.39 is 0 Å². The van der Waals surface area contributed by atoms with Gasteiger partial charge in [-0.15, -0.1) is 0 Å². The maximum atomic E-state index is 11.6. The van der Waals surface area contributed by atoms with Crippen LogP contribution in [0.4, 0.5) is 5.82 Å². The van der Waals surface area contributed by atoms with Gasteiger partial charge in [0.2, 0.25) is 0 Å². The average Bonchev–Trinajstić information content (AvgIpc) is 2.80. The van der Waals surface area contributed by atoms with Crippen molar-refractivity contribution in [3.63, 3.8) is 0 Å². The van der Waals surface area contributed by atoms with Gasteiger partial charge in [-0.25, -0.2) is 9.97 Å². The molecular formula is C9H10N6O. The van der Waals surface area contributed by atoms with Crippen molar-refractivity contribution in [2.75, 3.05) is 5.73 Å². The molecule has 0 saturated carbocycles. The first-order valence-corrected chi connectivity index (χ1v) is 4.59. The summed E-state index contributed by atoms with van der Waals surface area (Å²) in [7, 11) is 0. The van der Waals surface area contributed by atoms with Crippen molar-refractivity contribution in [1.82, 2.24) is 25.5 Å². The predicted molar refractivity (Wildman–Crippen MR) is 56.2 cm³/mol. The lowest BCUT2D eigenvalue weighted by atomic mass is 10.3. The summed E-state index contributed by atoms with van der Waals surface area (Å²) < 4.78 is 0. The van der Waals surface area contributed by atoms with Crippen LogP contribution in [0.2, 0.25) is 0 Å². The summed E-state index contributed by atoms with van der Waals surface area (Å²) in [6.45, 7) is 0.390. The zero-order valence-corrected chi connectivity index (χ0v) is 8.34. The number of aromatic amines is 1. The lowest BCUT2D eigenvalue weighted by Crippen LogP contribution is -2.23. The zero-order valence-electron chi connectivity index (χ0n) is 8.34. The first-order chi connectivity index (χ1) is 7.75. The quantitative estimate of drug-likeness (QED) is 0.655. The first-order valence-electron chi connectivity index (χ1n) is 4.59. The summed E-state index contributed by atoms with van der Waals surface area (Å²) in [5.41, 5.74) is 6.48. The number of hydrogen-bond donors (Lipinski definition) is 3. The normalized spacial score (nSPS) is 10.0. The number of hydrogen-bond acceptors (Lipinski definition) is 5. The summed E-state index contributed by atoms with van der Waals surface area (Å²) >= 11 is 0. The van der Waals surface area contributed by atoms with Crippen molar-refractivity contribution in [3.8, 4) is 0 Å². The number of rotatable bonds is 3. The summed E-state index contributed by atoms with van der Waals surface area (Å²) in [5, 5.41) is 9.10. The smallest absolute Gasteiger partial charge is 0.271 e. The fourth-order valence-electron chi connectivity index (χ4n) is 1.10. The van der Waals surface area contributed by atoms with E-state index in [0.29, 0.717) is 6.54 Å². The molecule has 7 heteroatoms. The third kappa shape index (κ3) is 2.32. The topological polar surface area (TPSA) is 110 Å². The van der Waals surface area contributed by atoms with Gasteiger partial charge in [0.1, 0.15) is 11.5 Å². The summed E-state index contributed by atoms with van der Waals surface area (Å²) in [6, 6.07) is 0. The van der Waals surface area contributed by atoms with E-state index in [9.17, 15) is 4.79 Å². The fourth-order valence-corrected chi connectivity index (χ4v) is 1.10. The molecule has 1 amide bonds. The standard InChI is InChI=1S/C9H10N6O/c10-8-5-11-7(4-12-8)9(16)13-1-6-2-14-15-3-6/h2-5H,1H2,(H2,10,12)(H,13,16)(H,14,15). The highest BCUT2D eigenvalue weighted by atomic mass is 16.1. The molecule has 2 rings (SSSR count). The van der Waals surface area contributed by atoms with Crippen LogP contribution in [-0.4, -0.2) is 26.1 Å². The third-order valence-electron chi connectivity index (χ3n) is 1.91. The van der Waals surface area contributed by atoms with Crippen molar-refractivity contribution in [3.05, 3.63) is 36.0 Å². The van der Waals surface area contributed by atoms with Crippen molar-refractivity contribution < 1.29 is 4.79 Å². The van der Waals surface area contributed by atoms with Crippen LogP contribution in [0.3, 0.4) is 0 Å². The molecule has 16 heavy (non-hydrogen) atoms. The van der Waals surface area contributed by atoms with Gasteiger partial charge in [-0.2, -0.15) is 5.10 Å². The summed E-state index contributed by atoms with van der Waals surface area (Å²) in [6.07, 6.45) is 6.01. The molecule has 0 bridgehead atoms. The van der Waals surface area contributed by atoms with Gasteiger partial charge >= 0.3 is 0 Å². The monoisotopic (exact) mass is 218 g/mol. The van der Waals surface area contributed by atoms with Crippen LogP contribution in [0, 0.1) is 0 Å². The molecule has 0 aliphatic carbocycles. The Morgan fingerprint density at radius 2 is 2.25 bits per heavy atom. The minimum absolute atomic E-state index is 0.234. The molecule has 0 atom stereocenters. The number of nitrogen functional groups attached to an aromatic ring is 1. The van der Waals surface area contributed by atoms with Crippen LogP contribution in [0.15, 0.2) is 24.8 Å². The second kappa shape index (κ2) is 4.39. The van der Waals surface area contributed by atoms with Gasteiger partial charge in [-0.1, -0.05) is 0 Å². The van der Waals surface area contributed by atoms with Gasteiger partial charge < -0.3 is 11.1 Å². The molecule has 7 nitrogen and oxygen atoms in total. The largest absolute Gasteiger partial charge is 0.382 e. The van der Waals surface area contributed by atoms with Gasteiger partial charge in [0.15, 0.2) is 0 Å². The van der Waals surface area contributed by atoms with Crippen LogP contribution in [0.1, 0.15) is 16.1 Å². The number of nitrogens with one attached hydrogen (secondary N) is 2. The van der Waals surface area contributed by atoms with E-state index in [1.54, 1.807) is 12.4 Å². The van der Waals surface area contributed by atoms with Gasteiger partial charge in [-0.3, -0.25) is 9.89 Å². The van der Waals surface area contributed by atoms with Gasteiger partial charge in [0.05, 0.1) is 18.6 Å². The summed E-state index contributed by atoms with van der Waals surface area (Å²) in [5.74, 6) is -0.0138. The Labute approximate surface area is 91.1 Å². The SMILES string of the molecule is Nc1cnc(C(=O)NCc2cn[nH]c2)cn1. The Balaban J connectivity index is 1.95. The third-order valence-corrected chi connectivity index (χ3v) is 1.91. The molecular weight excluding hydrogens is 208 g/mol. The number of aromatic nitrogens is 4. The molecule has 0 unspecified atom stereocenters. The maximum Gasteiger partial charge on any atom is 0.271 e.